The number of halogens is 2. The van der Waals surface area contributed by atoms with Crippen LogP contribution in [0.25, 0.3) is 10.9 Å². The molecule has 60 heavy (non-hydrogen) atoms. The first-order valence-electron chi connectivity index (χ1n) is 20.4. The number of fused-ring (bicyclic) bond motifs is 2. The highest BCUT2D eigenvalue weighted by Crippen LogP contribution is 2.35. The van der Waals surface area contributed by atoms with Crippen molar-refractivity contribution >= 4 is 69.3 Å². The van der Waals surface area contributed by atoms with Crippen molar-refractivity contribution in [1.29, 1.82) is 0 Å². The van der Waals surface area contributed by atoms with E-state index in [0.717, 1.165) is 75.2 Å². The van der Waals surface area contributed by atoms with Gasteiger partial charge >= 0.3 is 0 Å². The Morgan fingerprint density at radius 3 is 2.48 bits per heavy atom. The van der Waals surface area contributed by atoms with Crippen LogP contribution in [0.4, 0.5) is 27.5 Å². The molecule has 3 saturated heterocycles. The number of nitrogens with zero attached hydrogens (tertiary/aromatic N) is 7. The molecule has 16 nitrogen and oxygen atoms in total. The van der Waals surface area contributed by atoms with Crippen molar-refractivity contribution in [3.05, 3.63) is 74.9 Å². The van der Waals surface area contributed by atoms with Gasteiger partial charge in [0.15, 0.2) is 18.2 Å². The summed E-state index contributed by atoms with van der Waals surface area (Å²) in [6.45, 7) is 9.35. The quantitative estimate of drug-likeness (QED) is 0.187. The monoisotopic (exact) mass is 842 g/mol. The van der Waals surface area contributed by atoms with E-state index in [1.165, 1.54) is 18.0 Å². The lowest BCUT2D eigenvalue weighted by molar-refractivity contribution is -0.137. The number of pyridine rings is 1. The van der Waals surface area contributed by atoms with Gasteiger partial charge in [0.1, 0.15) is 16.9 Å². The molecule has 0 aliphatic carbocycles. The Hall–Kier alpha value is -5.81. The highest BCUT2D eigenvalue weighted by molar-refractivity contribution is 6.33. The molecule has 3 fully saturated rings. The summed E-state index contributed by atoms with van der Waals surface area (Å²) in [5.41, 5.74) is 2.43. The minimum absolute atomic E-state index is 0.0148. The fraction of sp³-hybridized carbons (Fsp3) is 0.452. The summed E-state index contributed by atoms with van der Waals surface area (Å²) in [5, 5.41) is 9.20. The van der Waals surface area contributed by atoms with E-state index in [1.54, 1.807) is 16.8 Å². The number of carbonyl (C=O) groups excluding carboxylic acids is 4. The van der Waals surface area contributed by atoms with Crippen LogP contribution in [0.5, 0.6) is 5.75 Å². The van der Waals surface area contributed by atoms with E-state index in [0.29, 0.717) is 34.0 Å². The molecule has 0 saturated carbocycles. The van der Waals surface area contributed by atoms with Gasteiger partial charge in [0.25, 0.3) is 17.4 Å². The Morgan fingerprint density at radius 1 is 1.00 bits per heavy atom. The highest BCUT2D eigenvalue weighted by atomic mass is 35.5. The van der Waals surface area contributed by atoms with Crippen LogP contribution >= 0.6 is 11.6 Å². The molecule has 4 aliphatic rings. The number of amides is 4. The summed E-state index contributed by atoms with van der Waals surface area (Å²) >= 11 is 6.59. The molecule has 4 aliphatic heterocycles. The van der Waals surface area contributed by atoms with Crippen molar-refractivity contribution in [3.63, 3.8) is 0 Å². The van der Waals surface area contributed by atoms with Crippen molar-refractivity contribution in [3.8, 4) is 5.75 Å². The number of benzene rings is 2. The third kappa shape index (κ3) is 8.32. The molecular weight excluding hydrogens is 795 g/mol. The molecule has 0 radical (unpaired) electrons. The lowest BCUT2D eigenvalue weighted by Crippen LogP contribution is -2.52. The molecule has 0 spiro atoms. The van der Waals surface area contributed by atoms with E-state index in [1.807, 2.05) is 38.1 Å². The summed E-state index contributed by atoms with van der Waals surface area (Å²) in [6.07, 6.45) is 3.87. The lowest BCUT2D eigenvalue weighted by atomic mass is 9.95. The number of carbonyl (C=O) groups is 4. The molecule has 18 heteroatoms. The number of piperazine rings is 1. The Labute approximate surface area is 351 Å². The third-order valence-corrected chi connectivity index (χ3v) is 12.1. The molecule has 1 atom stereocenters. The van der Waals surface area contributed by atoms with Crippen LogP contribution in [-0.2, 0) is 20.9 Å². The number of ether oxygens (including phenoxy) is 1. The Morgan fingerprint density at radius 2 is 1.77 bits per heavy atom. The second kappa shape index (κ2) is 17.0. The number of piperidine rings is 2. The Bertz CT molecular complexity index is 2410. The van der Waals surface area contributed by atoms with Gasteiger partial charge in [0, 0.05) is 88.6 Å². The maximum absolute atomic E-state index is 15.4. The zero-order chi connectivity index (χ0) is 42.2. The number of imide groups is 1. The van der Waals surface area contributed by atoms with E-state index in [-0.39, 0.29) is 60.7 Å². The topological polar surface area (TPSA) is 174 Å². The van der Waals surface area contributed by atoms with Crippen molar-refractivity contribution in [2.75, 3.05) is 74.6 Å². The number of hydrogen-bond acceptors (Lipinski definition) is 12. The summed E-state index contributed by atoms with van der Waals surface area (Å²) in [5.74, 6) is -0.723. The second-order valence-corrected chi connectivity index (χ2v) is 16.5. The molecule has 4 amide bonds. The number of likely N-dealkylation sites (N-methyl/N-ethyl adjacent to an activating group) is 1. The smallest absolute Gasteiger partial charge is 0.293 e. The van der Waals surface area contributed by atoms with Gasteiger partial charge in [-0.3, -0.25) is 34.2 Å². The van der Waals surface area contributed by atoms with Gasteiger partial charge < -0.3 is 34.6 Å². The maximum atomic E-state index is 15.4. The molecule has 6 heterocycles. The van der Waals surface area contributed by atoms with Gasteiger partial charge in [0.05, 0.1) is 17.3 Å². The fourth-order valence-electron chi connectivity index (χ4n) is 8.66. The van der Waals surface area contributed by atoms with Crippen LogP contribution in [0.15, 0.2) is 47.4 Å². The van der Waals surface area contributed by atoms with Crippen LogP contribution in [0.3, 0.4) is 0 Å². The number of hydrogen-bond donors (Lipinski definition) is 3. The Balaban J connectivity index is 0.855. The van der Waals surface area contributed by atoms with Crippen molar-refractivity contribution in [2.24, 2.45) is 5.92 Å². The molecular formula is C42H48ClFN10O6. The standard InChI is InChI=1S/C42H48ClFN10O6/c1-24(2)54-32-5-4-28(16-26(32)18-34(40(54)58)60-23-36(56)45-3)47-38-30(43)20-46-42(49-38)52-14-12-50(13-15-52)21-25-8-10-51(11-9-25)29-17-27-22-53(41(59)37(27)31(44)19-29)33-6-7-35(55)48-39(33)57/h4-5,16-20,24-25,33H,6-15,21-23H2,1-3H3,(H,45,56)(H,46,47,49)(H,48,55,57). The maximum Gasteiger partial charge on any atom is 0.293 e. The summed E-state index contributed by atoms with van der Waals surface area (Å²) in [6, 6.07) is 9.61. The van der Waals surface area contributed by atoms with E-state index in [2.05, 4.69) is 35.6 Å². The van der Waals surface area contributed by atoms with Gasteiger partial charge in [-0.05, 0) is 81.0 Å². The molecule has 2 aromatic carbocycles. The van der Waals surface area contributed by atoms with Gasteiger partial charge in [-0.15, -0.1) is 0 Å². The Kier molecular flexibility index (Phi) is 11.6. The van der Waals surface area contributed by atoms with Crippen LogP contribution in [0.2, 0.25) is 5.02 Å². The van der Waals surface area contributed by atoms with E-state index in [9.17, 15) is 24.0 Å². The predicted octanol–water partition coefficient (Wildman–Crippen LogP) is 3.83. The number of anilines is 4. The van der Waals surface area contributed by atoms with Crippen molar-refractivity contribution in [2.45, 2.75) is 58.2 Å². The summed E-state index contributed by atoms with van der Waals surface area (Å²) < 4.78 is 22.7. The highest BCUT2D eigenvalue weighted by Gasteiger charge is 2.41. The van der Waals surface area contributed by atoms with E-state index >= 15 is 4.39 Å². The van der Waals surface area contributed by atoms with Gasteiger partial charge in [-0.1, -0.05) is 11.6 Å². The van der Waals surface area contributed by atoms with Crippen molar-refractivity contribution < 1.29 is 28.3 Å². The number of aromatic nitrogens is 3. The molecule has 316 valence electrons. The van der Waals surface area contributed by atoms with Gasteiger partial charge in [-0.2, -0.15) is 4.98 Å². The predicted molar refractivity (Wildman–Crippen MR) is 225 cm³/mol. The largest absolute Gasteiger partial charge is 0.478 e. The summed E-state index contributed by atoms with van der Waals surface area (Å²) in [7, 11) is 1.51. The van der Waals surface area contributed by atoms with Crippen LogP contribution in [0.1, 0.15) is 61.5 Å². The lowest BCUT2D eigenvalue weighted by Gasteiger charge is -2.39. The van der Waals surface area contributed by atoms with Crippen molar-refractivity contribution in [1.82, 2.24) is 35.0 Å². The molecule has 1 unspecified atom stereocenters. The summed E-state index contributed by atoms with van der Waals surface area (Å²) in [4.78, 5) is 79.8. The SMILES string of the molecule is CNC(=O)COc1cc2cc(Nc3nc(N4CCN(CC5CCN(c6cc(F)c7c(c6)CN(C6CCC(=O)NC6=O)C7=O)CC5)CC4)ncc3Cl)ccc2n(C(C)C)c1=O. The number of nitrogens with one attached hydrogen (secondary N) is 3. The zero-order valence-corrected chi connectivity index (χ0v) is 34.6. The zero-order valence-electron chi connectivity index (χ0n) is 33.8. The van der Waals surface area contributed by atoms with E-state index < -0.39 is 23.7 Å². The molecule has 2 aromatic heterocycles. The first kappa shape index (κ1) is 40.9. The fourth-order valence-corrected chi connectivity index (χ4v) is 8.80. The van der Waals surface area contributed by atoms with Crippen LogP contribution in [-0.4, -0.2) is 113 Å². The third-order valence-electron chi connectivity index (χ3n) is 11.9. The van der Waals surface area contributed by atoms with Gasteiger partial charge in [0.2, 0.25) is 17.8 Å². The normalized spacial score (nSPS) is 18.9. The minimum atomic E-state index is -0.785. The minimum Gasteiger partial charge on any atom is -0.478 e. The first-order valence-corrected chi connectivity index (χ1v) is 20.8. The number of rotatable bonds is 11. The van der Waals surface area contributed by atoms with E-state index in [4.69, 9.17) is 21.3 Å². The molecule has 8 rings (SSSR count). The average Bonchev–Trinajstić information content (AvgIpc) is 3.57. The van der Waals surface area contributed by atoms with Crippen LogP contribution in [0, 0.1) is 11.7 Å². The average molecular weight is 843 g/mol. The first-order chi connectivity index (χ1) is 28.9. The molecule has 4 aromatic rings. The second-order valence-electron chi connectivity index (χ2n) is 16.1. The molecule has 0 bridgehead atoms. The van der Waals surface area contributed by atoms with Gasteiger partial charge in [-0.25, -0.2) is 9.37 Å². The molecule has 3 N–H and O–H groups in total. The van der Waals surface area contributed by atoms with Crippen LogP contribution < -0.4 is 36.0 Å².